The van der Waals surface area contributed by atoms with E-state index in [1.54, 1.807) is 0 Å². The van der Waals surface area contributed by atoms with Gasteiger partial charge in [0.25, 0.3) is 0 Å². The van der Waals surface area contributed by atoms with Gasteiger partial charge in [-0.2, -0.15) is 0 Å². The first kappa shape index (κ1) is 37.5. The van der Waals surface area contributed by atoms with E-state index < -0.39 is 0 Å². The summed E-state index contributed by atoms with van der Waals surface area (Å²) in [4.78, 5) is 18.8. The minimum Gasteiger partial charge on any atom is -0.486 e. The Kier molecular flexibility index (Phi) is 10.6. The molecule has 4 aromatic carbocycles. The fourth-order valence-corrected chi connectivity index (χ4v) is 7.07. The maximum absolute atomic E-state index is 6.25. The fraction of sp³-hybridized carbons (Fsp3) is 0.143. The average Bonchev–Trinajstić information content (AvgIpc) is 3.54. The monoisotopic (exact) mass is 893 g/mol. The third-order valence-corrected chi connectivity index (χ3v) is 10.0. The van der Waals surface area contributed by atoms with Gasteiger partial charge in [0.05, 0.1) is 16.8 Å². The van der Waals surface area contributed by atoms with Crippen molar-refractivity contribution in [1.82, 2.24) is 19.9 Å². The fourth-order valence-electron chi connectivity index (χ4n) is 7.07. The summed E-state index contributed by atoms with van der Waals surface area (Å²) >= 11 is 0. The van der Waals surface area contributed by atoms with Crippen molar-refractivity contribution in [3.8, 4) is 44.9 Å². The minimum atomic E-state index is 0. The van der Waals surface area contributed by atoms with Crippen LogP contribution in [0, 0.1) is 60.6 Å². The summed E-state index contributed by atoms with van der Waals surface area (Å²) in [6.45, 7) is 14.6. The molecule has 55 heavy (non-hydrogen) atoms. The number of furan rings is 1. The molecule has 0 saturated heterocycles. The van der Waals surface area contributed by atoms with E-state index in [1.807, 2.05) is 62.6 Å². The third kappa shape index (κ3) is 7.49. The molecule has 0 aliphatic carbocycles. The van der Waals surface area contributed by atoms with Gasteiger partial charge < -0.3 is 14.4 Å². The molecule has 0 atom stereocenters. The summed E-state index contributed by atoms with van der Waals surface area (Å²) in [6.07, 6.45) is 3.82. The van der Waals surface area contributed by atoms with Crippen LogP contribution in [-0.4, -0.2) is 19.9 Å². The number of hydrogen-bond donors (Lipinski definition) is 0. The molecule has 5 aromatic heterocycles. The molecule has 9 aromatic rings. The Morgan fingerprint density at radius 2 is 1.31 bits per heavy atom. The first-order valence-electron chi connectivity index (χ1n) is 18.2. The predicted octanol–water partition coefficient (Wildman–Crippen LogP) is 12.4. The van der Waals surface area contributed by atoms with Crippen LogP contribution in [0.4, 0.5) is 0 Å². The Morgan fingerprint density at radius 3 is 2.05 bits per heavy atom. The number of pyridine rings is 4. The van der Waals surface area contributed by atoms with Crippen molar-refractivity contribution in [2.24, 2.45) is 0 Å². The largest absolute Gasteiger partial charge is 0.486 e. The molecule has 0 saturated carbocycles. The van der Waals surface area contributed by atoms with E-state index in [-0.39, 0.29) is 20.1 Å². The zero-order valence-corrected chi connectivity index (χ0v) is 34.4. The van der Waals surface area contributed by atoms with Crippen molar-refractivity contribution in [3.63, 3.8) is 0 Å². The van der Waals surface area contributed by atoms with Crippen LogP contribution in [0.2, 0.25) is 0 Å². The molecule has 5 nitrogen and oxygen atoms in total. The van der Waals surface area contributed by atoms with Crippen LogP contribution in [0.5, 0.6) is 0 Å². The van der Waals surface area contributed by atoms with Gasteiger partial charge in [0, 0.05) is 54.5 Å². The van der Waals surface area contributed by atoms with Crippen molar-refractivity contribution < 1.29 is 24.5 Å². The Hall–Kier alpha value is -5.81. The third-order valence-electron chi connectivity index (χ3n) is 10.0. The van der Waals surface area contributed by atoms with Crippen molar-refractivity contribution in [3.05, 3.63) is 167 Å². The molecule has 273 valence electrons. The van der Waals surface area contributed by atoms with E-state index >= 15 is 0 Å². The molecule has 6 heteroatoms. The molecule has 1 radical (unpaired) electrons. The maximum atomic E-state index is 6.25. The number of aryl methyl sites for hydroxylation is 7. The van der Waals surface area contributed by atoms with Gasteiger partial charge in [-0.3, -0.25) is 0 Å². The maximum Gasteiger partial charge on any atom is 0.216 e. The summed E-state index contributed by atoms with van der Waals surface area (Å²) in [5, 5.41) is 3.13. The number of hydrogen-bond acceptors (Lipinski definition) is 5. The number of fused-ring (bicyclic) bond motifs is 4. The van der Waals surface area contributed by atoms with Crippen molar-refractivity contribution in [1.29, 1.82) is 0 Å². The molecule has 0 bridgehead atoms. The van der Waals surface area contributed by atoms with E-state index in [4.69, 9.17) is 14.4 Å². The van der Waals surface area contributed by atoms with Crippen molar-refractivity contribution >= 4 is 33.0 Å². The SMILES string of the molecule is Cc1c[c-]c(-c2ccc(C)cn2)cc1.Cc1ccc2c(n1)oc1c(-c3cc(-c4cc5ccc(-c6c(C)cccc6C)nc5cc4C)c(C)cn3)[c-]ccc12.[Ir]. The van der Waals surface area contributed by atoms with Crippen LogP contribution in [-0.2, 0) is 20.1 Å². The second-order valence-electron chi connectivity index (χ2n) is 14.2. The molecule has 0 N–H and O–H groups in total. The molecular weight excluding hydrogens is 853 g/mol. The van der Waals surface area contributed by atoms with Crippen LogP contribution >= 0.6 is 0 Å². The molecular formula is C49H40IrN4O-2. The standard InChI is InChI=1S/C36H28N3O.C13H12N.Ir/c1-20-8-6-9-21(2)34(20)31-15-13-25-17-29(22(3)16-32(25)39-31)30-18-33(37-19-23(30)4)28-11-7-10-26-27-14-12-24(5)38-36(27)40-35(26)28;1-10-3-6-12(7-4-10)13-8-5-11(2)9-14-13;/h6-10,12-19H,1-5H3;3-6,8-9H,1-2H3;/q2*-1;. The summed E-state index contributed by atoms with van der Waals surface area (Å²) in [7, 11) is 0. The molecule has 5 heterocycles. The van der Waals surface area contributed by atoms with Gasteiger partial charge in [-0.1, -0.05) is 60.3 Å². The van der Waals surface area contributed by atoms with Gasteiger partial charge in [-0.05, 0) is 122 Å². The quantitative estimate of drug-likeness (QED) is 0.165. The Bertz CT molecular complexity index is 2780. The van der Waals surface area contributed by atoms with Crippen LogP contribution in [0.15, 0.2) is 120 Å². The number of aromatic nitrogens is 4. The van der Waals surface area contributed by atoms with Gasteiger partial charge >= 0.3 is 0 Å². The topological polar surface area (TPSA) is 64.7 Å². The van der Waals surface area contributed by atoms with Gasteiger partial charge in [0.15, 0.2) is 0 Å². The molecule has 0 spiro atoms. The Labute approximate surface area is 335 Å². The second kappa shape index (κ2) is 15.5. The van der Waals surface area contributed by atoms with Crippen molar-refractivity contribution in [2.75, 3.05) is 0 Å². The number of benzene rings is 4. The van der Waals surface area contributed by atoms with E-state index in [9.17, 15) is 0 Å². The normalized spacial score (nSPS) is 11.0. The average molecular weight is 893 g/mol. The van der Waals surface area contributed by atoms with Gasteiger partial charge in [-0.15, -0.1) is 53.6 Å². The first-order chi connectivity index (χ1) is 26.1. The zero-order valence-electron chi connectivity index (χ0n) is 32.0. The zero-order chi connectivity index (χ0) is 37.5. The number of nitrogens with zero attached hydrogens (tertiary/aromatic N) is 4. The Balaban J connectivity index is 0.000000262. The van der Waals surface area contributed by atoms with Gasteiger partial charge in [0.2, 0.25) is 5.71 Å². The van der Waals surface area contributed by atoms with Gasteiger partial charge in [0.1, 0.15) is 0 Å². The van der Waals surface area contributed by atoms with E-state index in [0.717, 1.165) is 72.3 Å². The smallest absolute Gasteiger partial charge is 0.216 e. The van der Waals surface area contributed by atoms with Crippen LogP contribution < -0.4 is 0 Å². The summed E-state index contributed by atoms with van der Waals surface area (Å²) in [5.74, 6) is 0. The number of rotatable bonds is 4. The van der Waals surface area contributed by atoms with Crippen LogP contribution in [0.3, 0.4) is 0 Å². The summed E-state index contributed by atoms with van der Waals surface area (Å²) in [6, 6.07) is 42.1. The predicted molar refractivity (Wildman–Crippen MR) is 221 cm³/mol. The molecule has 0 aliphatic heterocycles. The molecule has 0 fully saturated rings. The van der Waals surface area contributed by atoms with Crippen LogP contribution in [0.25, 0.3) is 77.9 Å². The molecule has 0 unspecified atom stereocenters. The molecule has 0 aliphatic rings. The Morgan fingerprint density at radius 1 is 0.564 bits per heavy atom. The van der Waals surface area contributed by atoms with Crippen molar-refractivity contribution in [2.45, 2.75) is 48.5 Å². The van der Waals surface area contributed by atoms with Gasteiger partial charge in [-0.25, -0.2) is 9.97 Å². The summed E-state index contributed by atoms with van der Waals surface area (Å²) in [5.41, 5.74) is 18.7. The van der Waals surface area contributed by atoms with E-state index in [0.29, 0.717) is 5.71 Å². The van der Waals surface area contributed by atoms with Crippen LogP contribution in [0.1, 0.15) is 39.1 Å². The first-order valence-corrected chi connectivity index (χ1v) is 18.2. The van der Waals surface area contributed by atoms with E-state index in [1.165, 1.54) is 38.9 Å². The second-order valence-corrected chi connectivity index (χ2v) is 14.2. The minimum absolute atomic E-state index is 0. The van der Waals surface area contributed by atoms with E-state index in [2.05, 4.69) is 123 Å². The molecule has 9 rings (SSSR count). The molecule has 0 amide bonds. The summed E-state index contributed by atoms with van der Waals surface area (Å²) < 4.78 is 6.25.